The van der Waals surface area contributed by atoms with Crippen molar-refractivity contribution in [3.8, 4) is 0 Å². The van der Waals surface area contributed by atoms with E-state index >= 15 is 0 Å². The minimum Gasteiger partial charge on any atom is -0.338 e. The molecule has 0 atom stereocenters. The predicted octanol–water partition coefficient (Wildman–Crippen LogP) is 1.28. The lowest BCUT2D eigenvalue weighted by Crippen LogP contribution is -2.37. The molecule has 0 amide bonds. The van der Waals surface area contributed by atoms with E-state index in [-0.39, 0.29) is 0 Å². The Morgan fingerprint density at radius 2 is 2.22 bits per heavy atom. The van der Waals surface area contributed by atoms with Crippen LogP contribution in [0.1, 0.15) is 25.6 Å². The number of rotatable bonds is 6. The van der Waals surface area contributed by atoms with Gasteiger partial charge in [-0.2, -0.15) is 0 Å². The summed E-state index contributed by atoms with van der Waals surface area (Å²) in [7, 11) is 2.07. The third kappa shape index (κ3) is 3.82. The van der Waals surface area contributed by atoms with E-state index in [9.17, 15) is 0 Å². The van der Waals surface area contributed by atoms with E-state index in [1.54, 1.807) is 0 Å². The first kappa shape index (κ1) is 13.6. The van der Waals surface area contributed by atoms with E-state index in [2.05, 4.69) is 33.7 Å². The van der Waals surface area contributed by atoms with Crippen molar-refractivity contribution in [3.63, 3.8) is 0 Å². The van der Waals surface area contributed by atoms with Crippen molar-refractivity contribution < 1.29 is 0 Å². The van der Waals surface area contributed by atoms with Gasteiger partial charge in [0.25, 0.3) is 0 Å². The van der Waals surface area contributed by atoms with Crippen LogP contribution >= 0.6 is 0 Å². The first-order valence-electron chi connectivity index (χ1n) is 7.19. The molecule has 2 rings (SSSR count). The predicted molar refractivity (Wildman–Crippen MR) is 74.6 cm³/mol. The van der Waals surface area contributed by atoms with Crippen molar-refractivity contribution in [1.82, 2.24) is 19.8 Å². The Morgan fingerprint density at radius 1 is 1.44 bits per heavy atom. The van der Waals surface area contributed by atoms with Crippen molar-refractivity contribution in [3.05, 3.63) is 18.2 Å². The molecule has 4 nitrogen and oxygen atoms in total. The summed E-state index contributed by atoms with van der Waals surface area (Å²) in [6, 6.07) is 0. The fourth-order valence-corrected chi connectivity index (χ4v) is 2.70. The lowest BCUT2D eigenvalue weighted by atomic mass is 9.97. The van der Waals surface area contributed by atoms with Gasteiger partial charge in [-0.05, 0) is 38.4 Å². The smallest absolute Gasteiger partial charge is 0.109 e. The summed E-state index contributed by atoms with van der Waals surface area (Å²) >= 11 is 0. The topological polar surface area (TPSA) is 33.1 Å². The molecule has 1 saturated heterocycles. The van der Waals surface area contributed by atoms with E-state index in [0.717, 1.165) is 25.4 Å². The van der Waals surface area contributed by atoms with Crippen LogP contribution in [0.15, 0.2) is 12.4 Å². The summed E-state index contributed by atoms with van der Waals surface area (Å²) in [4.78, 5) is 6.97. The van der Waals surface area contributed by atoms with Crippen LogP contribution in [0, 0.1) is 5.92 Å². The average Bonchev–Trinajstić information content (AvgIpc) is 2.81. The second-order valence-corrected chi connectivity index (χ2v) is 5.29. The van der Waals surface area contributed by atoms with Crippen molar-refractivity contribution in [1.29, 1.82) is 0 Å². The number of hydrogen-bond donors (Lipinski definition) is 1. The van der Waals surface area contributed by atoms with Gasteiger partial charge < -0.3 is 14.8 Å². The van der Waals surface area contributed by atoms with E-state index in [1.807, 2.05) is 12.4 Å². The van der Waals surface area contributed by atoms with Crippen LogP contribution in [0.4, 0.5) is 0 Å². The summed E-state index contributed by atoms with van der Waals surface area (Å²) in [6.07, 6.45) is 7.64. The first-order chi connectivity index (χ1) is 8.79. The Kier molecular flexibility index (Phi) is 5.20. The molecule has 1 aliphatic heterocycles. The maximum absolute atomic E-state index is 4.40. The molecule has 0 saturated carbocycles. The van der Waals surface area contributed by atoms with Crippen molar-refractivity contribution in [2.75, 3.05) is 32.7 Å². The lowest BCUT2D eigenvalue weighted by molar-refractivity contribution is 0.214. The summed E-state index contributed by atoms with van der Waals surface area (Å²) < 4.78 is 2.12. The van der Waals surface area contributed by atoms with Crippen LogP contribution in [0.3, 0.4) is 0 Å². The minimum absolute atomic E-state index is 0.882. The van der Waals surface area contributed by atoms with Crippen LogP contribution in [0.25, 0.3) is 0 Å². The lowest BCUT2D eigenvalue weighted by Gasteiger charge is -2.29. The Bertz CT molecular complexity index is 341. The number of aromatic nitrogens is 2. The molecule has 1 aromatic rings. The molecule has 4 heteroatoms. The van der Waals surface area contributed by atoms with Gasteiger partial charge in [0.05, 0.1) is 0 Å². The molecule has 0 aromatic carbocycles. The molecular weight excluding hydrogens is 224 g/mol. The maximum Gasteiger partial charge on any atom is 0.109 e. The number of imidazole rings is 1. The molecule has 0 unspecified atom stereocenters. The molecule has 0 radical (unpaired) electrons. The molecule has 0 spiro atoms. The monoisotopic (exact) mass is 250 g/mol. The fourth-order valence-electron chi connectivity index (χ4n) is 2.70. The van der Waals surface area contributed by atoms with Gasteiger partial charge in [0, 0.05) is 39.0 Å². The number of aryl methyl sites for hydroxylation is 1. The summed E-state index contributed by atoms with van der Waals surface area (Å²) in [5, 5.41) is 3.44. The largest absolute Gasteiger partial charge is 0.338 e. The van der Waals surface area contributed by atoms with Gasteiger partial charge in [-0.3, -0.25) is 0 Å². The standard InChI is InChI=1S/C14H26N4/c1-3-18(12-13-4-7-15-8-5-13)10-6-14-16-9-11-17(14)2/h9,11,13,15H,3-8,10,12H2,1-2H3. The van der Waals surface area contributed by atoms with Crippen LogP contribution in [-0.2, 0) is 13.5 Å². The van der Waals surface area contributed by atoms with Gasteiger partial charge >= 0.3 is 0 Å². The highest BCUT2D eigenvalue weighted by atomic mass is 15.1. The van der Waals surface area contributed by atoms with Crippen molar-refractivity contribution in [2.24, 2.45) is 13.0 Å². The molecule has 1 aromatic heterocycles. The summed E-state index contributed by atoms with van der Waals surface area (Å²) in [5.74, 6) is 2.08. The van der Waals surface area contributed by atoms with Crippen LogP contribution in [0.2, 0.25) is 0 Å². The van der Waals surface area contributed by atoms with Gasteiger partial charge in [0.1, 0.15) is 5.82 Å². The van der Waals surface area contributed by atoms with Gasteiger partial charge in [-0.1, -0.05) is 6.92 Å². The summed E-state index contributed by atoms with van der Waals surface area (Å²) in [5.41, 5.74) is 0. The number of hydrogen-bond acceptors (Lipinski definition) is 3. The number of nitrogens with zero attached hydrogens (tertiary/aromatic N) is 3. The zero-order valence-electron chi connectivity index (χ0n) is 11.7. The van der Waals surface area contributed by atoms with Gasteiger partial charge in [-0.25, -0.2) is 4.98 Å². The zero-order chi connectivity index (χ0) is 12.8. The Morgan fingerprint density at radius 3 is 2.83 bits per heavy atom. The first-order valence-corrected chi connectivity index (χ1v) is 7.19. The molecule has 0 bridgehead atoms. The number of piperidine rings is 1. The molecule has 0 aliphatic carbocycles. The van der Waals surface area contributed by atoms with Crippen LogP contribution in [-0.4, -0.2) is 47.2 Å². The quantitative estimate of drug-likeness (QED) is 0.826. The molecule has 18 heavy (non-hydrogen) atoms. The highest BCUT2D eigenvalue weighted by Crippen LogP contribution is 2.13. The summed E-state index contributed by atoms with van der Waals surface area (Å²) in [6.45, 7) is 8.19. The van der Waals surface area contributed by atoms with Gasteiger partial charge in [0.15, 0.2) is 0 Å². The van der Waals surface area contributed by atoms with E-state index in [4.69, 9.17) is 0 Å². The Labute approximate surface area is 110 Å². The molecule has 1 fully saturated rings. The van der Waals surface area contributed by atoms with Crippen LogP contribution < -0.4 is 5.32 Å². The third-order valence-corrected chi connectivity index (χ3v) is 3.99. The number of nitrogens with one attached hydrogen (secondary N) is 1. The van der Waals surface area contributed by atoms with E-state index < -0.39 is 0 Å². The second-order valence-electron chi connectivity index (χ2n) is 5.29. The third-order valence-electron chi connectivity index (χ3n) is 3.99. The maximum atomic E-state index is 4.40. The average molecular weight is 250 g/mol. The molecule has 2 heterocycles. The van der Waals surface area contributed by atoms with Crippen molar-refractivity contribution >= 4 is 0 Å². The molecular formula is C14H26N4. The fraction of sp³-hybridized carbons (Fsp3) is 0.786. The molecule has 102 valence electrons. The van der Waals surface area contributed by atoms with Gasteiger partial charge in [0.2, 0.25) is 0 Å². The second kappa shape index (κ2) is 6.90. The number of likely N-dealkylation sites (N-methyl/N-ethyl adjacent to an activating group) is 1. The van der Waals surface area contributed by atoms with Crippen molar-refractivity contribution in [2.45, 2.75) is 26.2 Å². The highest BCUT2D eigenvalue weighted by Gasteiger charge is 2.16. The molecule has 1 N–H and O–H groups in total. The highest BCUT2D eigenvalue weighted by molar-refractivity contribution is 4.91. The molecule has 1 aliphatic rings. The van der Waals surface area contributed by atoms with E-state index in [1.165, 1.54) is 38.3 Å². The van der Waals surface area contributed by atoms with E-state index in [0.29, 0.717) is 0 Å². The Hall–Kier alpha value is -0.870. The zero-order valence-corrected chi connectivity index (χ0v) is 11.7. The van der Waals surface area contributed by atoms with Crippen LogP contribution in [0.5, 0.6) is 0 Å². The normalized spacial score (nSPS) is 17.5. The van der Waals surface area contributed by atoms with Gasteiger partial charge in [-0.15, -0.1) is 0 Å². The minimum atomic E-state index is 0.882. The Balaban J connectivity index is 1.76. The SMILES string of the molecule is CCN(CCc1nccn1C)CC1CCNCC1.